The van der Waals surface area contributed by atoms with Gasteiger partial charge in [-0.25, -0.2) is 0 Å². The summed E-state index contributed by atoms with van der Waals surface area (Å²) in [5, 5.41) is 3.40. The molecule has 0 fully saturated rings. The highest BCUT2D eigenvalue weighted by Crippen LogP contribution is 2.39. The lowest BCUT2D eigenvalue weighted by Gasteiger charge is -2.25. The smallest absolute Gasteiger partial charge is 0.166 e. The summed E-state index contributed by atoms with van der Waals surface area (Å²) in [4.78, 5) is 0. The molecule has 2 aromatic rings. The lowest BCUT2D eigenvalue weighted by atomic mass is 9.95. The molecule has 3 rings (SSSR count). The highest BCUT2D eigenvalue weighted by Gasteiger charge is 2.22. The Morgan fingerprint density at radius 1 is 1.00 bits per heavy atom. The van der Waals surface area contributed by atoms with Crippen LogP contribution in [0.5, 0.6) is 11.5 Å². The van der Waals surface area contributed by atoms with Crippen molar-refractivity contribution in [3.8, 4) is 11.5 Å². The fraction of sp³-hybridized carbons (Fsp3) is 0.333. The van der Waals surface area contributed by atoms with E-state index in [9.17, 15) is 0 Å². The molecule has 1 unspecified atom stereocenters. The molecule has 0 saturated carbocycles. The average molecular weight is 283 g/mol. The van der Waals surface area contributed by atoms with Gasteiger partial charge in [0.1, 0.15) is 13.2 Å². The van der Waals surface area contributed by atoms with Gasteiger partial charge < -0.3 is 14.8 Å². The first-order valence-electron chi connectivity index (χ1n) is 7.33. The Morgan fingerprint density at radius 2 is 1.81 bits per heavy atom. The van der Waals surface area contributed by atoms with Crippen LogP contribution in [0.4, 0.5) is 0 Å². The lowest BCUT2D eigenvalue weighted by molar-refractivity contribution is 0.169. The number of para-hydroxylation sites is 1. The quantitative estimate of drug-likeness (QED) is 0.936. The van der Waals surface area contributed by atoms with Crippen LogP contribution in [0.3, 0.4) is 0 Å². The molecule has 0 radical (unpaired) electrons. The Morgan fingerprint density at radius 3 is 2.57 bits per heavy atom. The topological polar surface area (TPSA) is 30.5 Å². The second kappa shape index (κ2) is 5.78. The van der Waals surface area contributed by atoms with Crippen molar-refractivity contribution in [3.05, 3.63) is 58.7 Å². The van der Waals surface area contributed by atoms with Crippen molar-refractivity contribution in [2.75, 3.05) is 20.3 Å². The van der Waals surface area contributed by atoms with E-state index in [0.717, 1.165) is 17.1 Å². The summed E-state index contributed by atoms with van der Waals surface area (Å²) >= 11 is 0. The van der Waals surface area contributed by atoms with Gasteiger partial charge in [0, 0.05) is 5.56 Å². The molecule has 0 amide bonds. The predicted octanol–water partition coefficient (Wildman–Crippen LogP) is 3.38. The largest absolute Gasteiger partial charge is 0.486 e. The third-order valence-electron chi connectivity index (χ3n) is 4.06. The maximum absolute atomic E-state index is 5.85. The van der Waals surface area contributed by atoms with Crippen LogP contribution >= 0.6 is 0 Å². The van der Waals surface area contributed by atoms with Gasteiger partial charge in [-0.1, -0.05) is 30.3 Å². The number of hydrogen-bond acceptors (Lipinski definition) is 3. The van der Waals surface area contributed by atoms with E-state index >= 15 is 0 Å². The molecule has 110 valence electrons. The minimum absolute atomic E-state index is 0.0981. The number of fused-ring (bicyclic) bond motifs is 1. The van der Waals surface area contributed by atoms with Gasteiger partial charge in [0.15, 0.2) is 11.5 Å². The molecular weight excluding hydrogens is 262 g/mol. The van der Waals surface area contributed by atoms with Gasteiger partial charge >= 0.3 is 0 Å². The molecule has 0 spiro atoms. The average Bonchev–Trinajstić information content (AvgIpc) is 2.52. The molecule has 0 aliphatic carbocycles. The summed E-state index contributed by atoms with van der Waals surface area (Å²) < 4.78 is 11.5. The normalized spacial score (nSPS) is 14.8. The van der Waals surface area contributed by atoms with Crippen molar-refractivity contribution in [1.29, 1.82) is 0 Å². The third kappa shape index (κ3) is 2.61. The Balaban J connectivity index is 2.06. The van der Waals surface area contributed by atoms with Crippen molar-refractivity contribution in [3.63, 3.8) is 0 Å². The highest BCUT2D eigenvalue weighted by atomic mass is 16.6. The second-order valence-corrected chi connectivity index (χ2v) is 5.44. The molecule has 1 aliphatic rings. The molecule has 0 bridgehead atoms. The SMILES string of the molecule is CNC(c1ccc(C)c(C)c1)c1cccc2c1OCCO2. The Bertz CT molecular complexity index is 652. The van der Waals surface area contributed by atoms with Crippen LogP contribution < -0.4 is 14.8 Å². The zero-order valence-corrected chi connectivity index (χ0v) is 12.8. The minimum atomic E-state index is 0.0981. The molecule has 2 aromatic carbocycles. The number of nitrogens with one attached hydrogen (secondary N) is 1. The third-order valence-corrected chi connectivity index (χ3v) is 4.06. The minimum Gasteiger partial charge on any atom is -0.486 e. The lowest BCUT2D eigenvalue weighted by Crippen LogP contribution is -2.22. The number of rotatable bonds is 3. The number of aryl methyl sites for hydroxylation is 2. The number of hydrogen-bond donors (Lipinski definition) is 1. The van der Waals surface area contributed by atoms with Crippen LogP contribution in [0, 0.1) is 13.8 Å². The fourth-order valence-electron chi connectivity index (χ4n) is 2.77. The maximum Gasteiger partial charge on any atom is 0.166 e. The van der Waals surface area contributed by atoms with Crippen LogP contribution in [0.15, 0.2) is 36.4 Å². The van der Waals surface area contributed by atoms with Crippen LogP contribution in [0.1, 0.15) is 28.3 Å². The van der Waals surface area contributed by atoms with Gasteiger partial charge in [0.25, 0.3) is 0 Å². The standard InChI is InChI=1S/C18H21NO2/c1-12-7-8-14(11-13(12)2)17(19-3)15-5-4-6-16-18(15)21-10-9-20-16/h4-8,11,17,19H,9-10H2,1-3H3. The van der Waals surface area contributed by atoms with Crippen molar-refractivity contribution < 1.29 is 9.47 Å². The van der Waals surface area contributed by atoms with Gasteiger partial charge in [-0.05, 0) is 43.7 Å². The van der Waals surface area contributed by atoms with E-state index in [1.807, 2.05) is 19.2 Å². The molecular formula is C18H21NO2. The Kier molecular flexibility index (Phi) is 3.84. The zero-order chi connectivity index (χ0) is 14.8. The van der Waals surface area contributed by atoms with Crippen LogP contribution in [0.25, 0.3) is 0 Å². The molecule has 3 heteroatoms. The van der Waals surface area contributed by atoms with Crippen molar-refractivity contribution in [1.82, 2.24) is 5.32 Å². The van der Waals surface area contributed by atoms with E-state index in [0.29, 0.717) is 13.2 Å². The predicted molar refractivity (Wildman–Crippen MR) is 84.3 cm³/mol. The second-order valence-electron chi connectivity index (χ2n) is 5.44. The van der Waals surface area contributed by atoms with Gasteiger partial charge in [-0.3, -0.25) is 0 Å². The van der Waals surface area contributed by atoms with E-state index in [1.165, 1.54) is 16.7 Å². The Labute approximate surface area is 125 Å². The molecule has 3 nitrogen and oxygen atoms in total. The maximum atomic E-state index is 5.85. The van der Waals surface area contributed by atoms with Crippen molar-refractivity contribution >= 4 is 0 Å². The summed E-state index contributed by atoms with van der Waals surface area (Å²) in [5.74, 6) is 1.70. The van der Waals surface area contributed by atoms with E-state index in [1.54, 1.807) is 0 Å². The van der Waals surface area contributed by atoms with Crippen LogP contribution in [-0.2, 0) is 0 Å². The first-order valence-corrected chi connectivity index (χ1v) is 7.33. The molecule has 0 saturated heterocycles. The van der Waals surface area contributed by atoms with Crippen molar-refractivity contribution in [2.45, 2.75) is 19.9 Å². The fourth-order valence-corrected chi connectivity index (χ4v) is 2.77. The van der Waals surface area contributed by atoms with E-state index in [2.05, 4.69) is 43.4 Å². The molecule has 0 aromatic heterocycles. The summed E-state index contributed by atoms with van der Waals surface area (Å²) in [7, 11) is 1.98. The van der Waals surface area contributed by atoms with Gasteiger partial charge in [-0.2, -0.15) is 0 Å². The van der Waals surface area contributed by atoms with Crippen LogP contribution in [-0.4, -0.2) is 20.3 Å². The monoisotopic (exact) mass is 283 g/mol. The van der Waals surface area contributed by atoms with Crippen LogP contribution in [0.2, 0.25) is 0 Å². The summed E-state index contributed by atoms with van der Waals surface area (Å²) in [5.41, 5.74) is 4.97. The summed E-state index contributed by atoms with van der Waals surface area (Å²) in [6.45, 7) is 5.50. The number of benzene rings is 2. The first kappa shape index (κ1) is 14.0. The van der Waals surface area contributed by atoms with Gasteiger partial charge in [0.05, 0.1) is 6.04 Å². The van der Waals surface area contributed by atoms with E-state index < -0.39 is 0 Å². The zero-order valence-electron chi connectivity index (χ0n) is 12.8. The summed E-state index contributed by atoms with van der Waals surface area (Å²) in [6.07, 6.45) is 0. The van der Waals surface area contributed by atoms with Crippen molar-refractivity contribution in [2.24, 2.45) is 0 Å². The molecule has 21 heavy (non-hydrogen) atoms. The Hall–Kier alpha value is -2.00. The molecule has 1 aliphatic heterocycles. The highest BCUT2D eigenvalue weighted by molar-refractivity contribution is 5.51. The summed E-state index contributed by atoms with van der Waals surface area (Å²) in [6, 6.07) is 12.8. The molecule has 1 heterocycles. The molecule has 1 atom stereocenters. The number of ether oxygens (including phenoxy) is 2. The van der Waals surface area contributed by atoms with Gasteiger partial charge in [-0.15, -0.1) is 0 Å². The van der Waals surface area contributed by atoms with E-state index in [-0.39, 0.29) is 6.04 Å². The van der Waals surface area contributed by atoms with E-state index in [4.69, 9.17) is 9.47 Å². The first-order chi connectivity index (χ1) is 10.2. The molecule has 1 N–H and O–H groups in total. The van der Waals surface area contributed by atoms with Gasteiger partial charge in [0.2, 0.25) is 0 Å².